The number of benzene rings is 2. The molecule has 0 fully saturated rings. The van der Waals surface area contributed by atoms with Crippen molar-refractivity contribution < 1.29 is 23.7 Å². The fourth-order valence-electron chi connectivity index (χ4n) is 3.33. The van der Waals surface area contributed by atoms with E-state index in [1.807, 2.05) is 31.2 Å². The molecular formula is C20H23NO5. The first-order chi connectivity index (χ1) is 12.6. The third-order valence-electron chi connectivity index (χ3n) is 4.49. The number of carbonyl (C=O) groups excluding carboxylic acids is 1. The highest BCUT2D eigenvalue weighted by atomic mass is 16.5. The van der Waals surface area contributed by atoms with Crippen molar-refractivity contribution in [3.05, 3.63) is 41.5 Å². The van der Waals surface area contributed by atoms with Crippen LogP contribution in [0.4, 0.5) is 5.69 Å². The molecule has 0 saturated heterocycles. The maximum Gasteiger partial charge on any atom is 0.225 e. The van der Waals surface area contributed by atoms with Gasteiger partial charge in [-0.3, -0.25) is 4.79 Å². The van der Waals surface area contributed by atoms with Crippen LogP contribution in [0.25, 0.3) is 0 Å². The second-order valence-corrected chi connectivity index (χ2v) is 5.91. The molecule has 1 N–H and O–H groups in total. The number of rotatable bonds is 6. The van der Waals surface area contributed by atoms with E-state index >= 15 is 0 Å². The minimum absolute atomic E-state index is 0.0556. The van der Waals surface area contributed by atoms with Crippen LogP contribution >= 0.6 is 0 Å². The summed E-state index contributed by atoms with van der Waals surface area (Å²) in [5.41, 5.74) is 2.58. The van der Waals surface area contributed by atoms with Crippen molar-refractivity contribution in [1.82, 2.24) is 0 Å². The number of anilines is 1. The monoisotopic (exact) mass is 357 g/mol. The van der Waals surface area contributed by atoms with Gasteiger partial charge in [-0.2, -0.15) is 0 Å². The Kier molecular flexibility index (Phi) is 5.21. The molecule has 0 radical (unpaired) electrons. The van der Waals surface area contributed by atoms with Gasteiger partial charge in [0.25, 0.3) is 0 Å². The highest BCUT2D eigenvalue weighted by Gasteiger charge is 2.31. The zero-order valence-electron chi connectivity index (χ0n) is 15.4. The molecular weight excluding hydrogens is 334 g/mol. The number of methoxy groups -OCH3 is 3. The topological polar surface area (TPSA) is 66.0 Å². The highest BCUT2D eigenvalue weighted by molar-refractivity contribution is 5.96. The summed E-state index contributed by atoms with van der Waals surface area (Å²) in [6.07, 6.45) is 0.315. The van der Waals surface area contributed by atoms with E-state index in [9.17, 15) is 4.79 Å². The van der Waals surface area contributed by atoms with Crippen molar-refractivity contribution in [2.24, 2.45) is 0 Å². The largest absolute Gasteiger partial charge is 0.493 e. The Labute approximate surface area is 153 Å². The number of fused-ring (bicyclic) bond motifs is 1. The van der Waals surface area contributed by atoms with Gasteiger partial charge in [-0.1, -0.05) is 12.1 Å². The lowest BCUT2D eigenvalue weighted by atomic mass is 9.84. The van der Waals surface area contributed by atoms with Crippen LogP contribution in [0.3, 0.4) is 0 Å². The van der Waals surface area contributed by atoms with Gasteiger partial charge in [0.15, 0.2) is 23.0 Å². The van der Waals surface area contributed by atoms with E-state index in [4.69, 9.17) is 18.9 Å². The Morgan fingerprint density at radius 2 is 1.69 bits per heavy atom. The van der Waals surface area contributed by atoms with E-state index in [1.54, 1.807) is 27.4 Å². The summed E-state index contributed by atoms with van der Waals surface area (Å²) in [4.78, 5) is 12.3. The van der Waals surface area contributed by atoms with Crippen molar-refractivity contribution in [3.63, 3.8) is 0 Å². The summed E-state index contributed by atoms with van der Waals surface area (Å²) in [5, 5.41) is 2.92. The maximum absolute atomic E-state index is 12.3. The van der Waals surface area contributed by atoms with Gasteiger partial charge in [0, 0.05) is 29.7 Å². The smallest absolute Gasteiger partial charge is 0.225 e. The zero-order chi connectivity index (χ0) is 18.7. The number of hydrogen-bond donors (Lipinski definition) is 1. The third kappa shape index (κ3) is 3.14. The van der Waals surface area contributed by atoms with Gasteiger partial charge >= 0.3 is 0 Å². The van der Waals surface area contributed by atoms with Crippen molar-refractivity contribution >= 4 is 11.6 Å². The van der Waals surface area contributed by atoms with E-state index in [0.29, 0.717) is 41.7 Å². The van der Waals surface area contributed by atoms with Gasteiger partial charge in [0.2, 0.25) is 5.91 Å². The van der Waals surface area contributed by atoms with E-state index in [1.165, 1.54) is 0 Å². The summed E-state index contributed by atoms with van der Waals surface area (Å²) < 4.78 is 22.1. The molecule has 2 aromatic carbocycles. The first-order valence-corrected chi connectivity index (χ1v) is 8.48. The molecule has 0 spiro atoms. The molecule has 0 saturated carbocycles. The lowest BCUT2D eigenvalue weighted by molar-refractivity contribution is -0.116. The number of carbonyl (C=O) groups is 1. The molecule has 0 bridgehead atoms. The summed E-state index contributed by atoms with van der Waals surface area (Å²) in [6, 6.07) is 9.43. The minimum atomic E-state index is -0.171. The van der Waals surface area contributed by atoms with E-state index < -0.39 is 0 Å². The number of hydrogen-bond acceptors (Lipinski definition) is 5. The SMILES string of the molecule is CCOc1c(OC)cccc1[C@@H]1CC(=O)Nc2cc(OC)c(OC)cc21. The van der Waals surface area contributed by atoms with Crippen LogP contribution in [0.15, 0.2) is 30.3 Å². The molecule has 6 nitrogen and oxygen atoms in total. The standard InChI is InChI=1S/C20H23NO5/c1-5-26-20-12(7-6-8-16(20)23-2)13-10-19(22)21-15-11-18(25-4)17(24-3)9-14(13)15/h6-9,11,13H,5,10H2,1-4H3,(H,21,22)/t13-/m0/s1. The molecule has 26 heavy (non-hydrogen) atoms. The summed E-state index contributed by atoms with van der Waals surface area (Å²) >= 11 is 0. The van der Waals surface area contributed by atoms with Crippen LogP contribution in [0.2, 0.25) is 0 Å². The first kappa shape index (κ1) is 17.9. The Morgan fingerprint density at radius 3 is 2.35 bits per heavy atom. The Morgan fingerprint density at radius 1 is 1.00 bits per heavy atom. The molecule has 138 valence electrons. The molecule has 1 amide bonds. The fraction of sp³-hybridized carbons (Fsp3) is 0.350. The lowest BCUT2D eigenvalue weighted by Gasteiger charge is -2.28. The number of para-hydroxylation sites is 1. The molecule has 3 rings (SSSR count). The van der Waals surface area contributed by atoms with Gasteiger partial charge in [0.1, 0.15) is 0 Å². The number of amides is 1. The van der Waals surface area contributed by atoms with Crippen molar-refractivity contribution in [1.29, 1.82) is 0 Å². The number of ether oxygens (including phenoxy) is 4. The Hall–Kier alpha value is -2.89. The van der Waals surface area contributed by atoms with Gasteiger partial charge in [0.05, 0.1) is 27.9 Å². The average molecular weight is 357 g/mol. The molecule has 0 aromatic heterocycles. The molecule has 1 heterocycles. The number of nitrogens with one attached hydrogen (secondary N) is 1. The lowest BCUT2D eigenvalue weighted by Crippen LogP contribution is -2.24. The quantitative estimate of drug-likeness (QED) is 0.856. The summed E-state index contributed by atoms with van der Waals surface area (Å²) in [5.74, 6) is 2.28. The van der Waals surface area contributed by atoms with E-state index in [2.05, 4.69) is 5.32 Å². The fourth-order valence-corrected chi connectivity index (χ4v) is 3.33. The van der Waals surface area contributed by atoms with E-state index in [0.717, 1.165) is 11.1 Å². The van der Waals surface area contributed by atoms with Crippen LogP contribution < -0.4 is 24.3 Å². The van der Waals surface area contributed by atoms with Gasteiger partial charge in [-0.25, -0.2) is 0 Å². The molecule has 0 unspecified atom stereocenters. The predicted molar refractivity (Wildman–Crippen MR) is 98.8 cm³/mol. The van der Waals surface area contributed by atoms with Crippen LogP contribution in [-0.2, 0) is 4.79 Å². The first-order valence-electron chi connectivity index (χ1n) is 8.48. The second kappa shape index (κ2) is 7.56. The van der Waals surface area contributed by atoms with Gasteiger partial charge in [-0.15, -0.1) is 0 Å². The van der Waals surface area contributed by atoms with Crippen molar-refractivity contribution in [3.8, 4) is 23.0 Å². The highest BCUT2D eigenvalue weighted by Crippen LogP contribution is 2.47. The van der Waals surface area contributed by atoms with Crippen LogP contribution in [0.1, 0.15) is 30.4 Å². The Balaban J connectivity index is 2.18. The molecule has 6 heteroatoms. The molecule has 2 aromatic rings. The van der Waals surface area contributed by atoms with Crippen molar-refractivity contribution in [2.75, 3.05) is 33.3 Å². The summed E-state index contributed by atoms with van der Waals surface area (Å²) in [7, 11) is 4.77. The molecule has 0 aliphatic carbocycles. The van der Waals surface area contributed by atoms with Crippen molar-refractivity contribution in [2.45, 2.75) is 19.3 Å². The molecule has 1 aliphatic rings. The van der Waals surface area contributed by atoms with E-state index in [-0.39, 0.29) is 11.8 Å². The molecule has 1 atom stereocenters. The predicted octanol–water partition coefficient (Wildman–Crippen LogP) is 3.59. The van der Waals surface area contributed by atoms with Crippen LogP contribution in [-0.4, -0.2) is 33.8 Å². The minimum Gasteiger partial charge on any atom is -0.493 e. The van der Waals surface area contributed by atoms with Crippen LogP contribution in [0.5, 0.6) is 23.0 Å². The van der Waals surface area contributed by atoms with Crippen LogP contribution in [0, 0.1) is 0 Å². The van der Waals surface area contributed by atoms with Gasteiger partial charge in [-0.05, 0) is 24.6 Å². The average Bonchev–Trinajstić information content (AvgIpc) is 2.66. The maximum atomic E-state index is 12.3. The van der Waals surface area contributed by atoms with Gasteiger partial charge < -0.3 is 24.3 Å². The Bertz CT molecular complexity index is 818. The molecule has 1 aliphatic heterocycles. The zero-order valence-corrected chi connectivity index (χ0v) is 15.4. The third-order valence-corrected chi connectivity index (χ3v) is 4.49. The normalized spacial score (nSPS) is 15.7. The summed E-state index contributed by atoms with van der Waals surface area (Å²) in [6.45, 7) is 2.43. The second-order valence-electron chi connectivity index (χ2n) is 5.91.